The minimum Gasteiger partial charge on any atom is -0.378 e. The summed E-state index contributed by atoms with van der Waals surface area (Å²) in [6, 6.07) is 7.36. The molecule has 7 nitrogen and oxygen atoms in total. The molecule has 26 heavy (non-hydrogen) atoms. The monoisotopic (exact) mass is 381 g/mol. The van der Waals surface area contributed by atoms with Gasteiger partial charge >= 0.3 is 6.03 Å². The van der Waals surface area contributed by atoms with Crippen molar-refractivity contribution in [2.24, 2.45) is 0 Å². The van der Waals surface area contributed by atoms with E-state index in [9.17, 15) is 13.2 Å². The normalized spacial score (nSPS) is 19.5. The lowest BCUT2D eigenvalue weighted by Crippen LogP contribution is -2.52. The summed E-state index contributed by atoms with van der Waals surface area (Å²) < 4.78 is 28.5. The van der Waals surface area contributed by atoms with Crippen LogP contribution in [-0.4, -0.2) is 83.0 Å². The summed E-state index contributed by atoms with van der Waals surface area (Å²) in [5.41, 5.74) is 1.03. The quantitative estimate of drug-likeness (QED) is 0.792. The van der Waals surface area contributed by atoms with Crippen LogP contribution < -0.4 is 4.90 Å². The van der Waals surface area contributed by atoms with E-state index in [1.165, 1.54) is 6.26 Å². The fraction of sp³-hybridized carbons (Fsp3) is 0.611. The van der Waals surface area contributed by atoms with Crippen LogP contribution in [0.5, 0.6) is 0 Å². The van der Waals surface area contributed by atoms with Gasteiger partial charge in [0.2, 0.25) is 0 Å². The molecule has 1 aromatic carbocycles. The number of rotatable bonds is 3. The third-order valence-electron chi connectivity index (χ3n) is 5.23. The summed E-state index contributed by atoms with van der Waals surface area (Å²) in [4.78, 5) is 18.9. The highest BCUT2D eigenvalue weighted by molar-refractivity contribution is 7.90. The van der Waals surface area contributed by atoms with E-state index in [1.54, 1.807) is 12.1 Å². The number of hydrogen-bond acceptors (Lipinski definition) is 5. The van der Waals surface area contributed by atoms with Gasteiger partial charge in [-0.3, -0.25) is 0 Å². The molecule has 0 atom stereocenters. The van der Waals surface area contributed by atoms with Crippen molar-refractivity contribution in [3.8, 4) is 0 Å². The molecule has 2 fully saturated rings. The minimum atomic E-state index is -3.17. The van der Waals surface area contributed by atoms with E-state index in [4.69, 9.17) is 4.74 Å². The molecule has 8 heteroatoms. The van der Waals surface area contributed by atoms with Gasteiger partial charge in [-0.25, -0.2) is 13.2 Å². The molecule has 144 valence electrons. The number of carbonyl (C=O) groups is 1. The van der Waals surface area contributed by atoms with Crippen molar-refractivity contribution in [3.05, 3.63) is 24.3 Å². The summed E-state index contributed by atoms with van der Waals surface area (Å²) in [7, 11) is -1.28. The van der Waals surface area contributed by atoms with Gasteiger partial charge in [0, 0.05) is 51.2 Å². The van der Waals surface area contributed by atoms with Crippen LogP contribution in [0.1, 0.15) is 12.8 Å². The van der Waals surface area contributed by atoms with Gasteiger partial charge in [-0.2, -0.15) is 0 Å². The highest BCUT2D eigenvalue weighted by atomic mass is 32.2. The molecule has 2 heterocycles. The van der Waals surface area contributed by atoms with Crippen LogP contribution in [0.2, 0.25) is 0 Å². The lowest BCUT2D eigenvalue weighted by molar-refractivity contribution is 0.0409. The first kappa shape index (κ1) is 19.0. The lowest BCUT2D eigenvalue weighted by atomic mass is 10.0. The second-order valence-electron chi connectivity index (χ2n) is 6.98. The molecule has 0 aliphatic carbocycles. The Morgan fingerprint density at radius 2 is 1.65 bits per heavy atom. The van der Waals surface area contributed by atoms with E-state index in [1.807, 2.05) is 29.0 Å². The number of hydrogen-bond donors (Lipinski definition) is 0. The van der Waals surface area contributed by atoms with Crippen molar-refractivity contribution in [1.82, 2.24) is 9.80 Å². The zero-order valence-corrected chi connectivity index (χ0v) is 16.2. The molecular weight excluding hydrogens is 354 g/mol. The molecule has 0 unspecified atom stereocenters. The molecule has 0 aromatic heterocycles. The Labute approximate surface area is 155 Å². The largest absolute Gasteiger partial charge is 0.378 e. The summed E-state index contributed by atoms with van der Waals surface area (Å²) in [5, 5.41) is 0. The van der Waals surface area contributed by atoms with E-state index < -0.39 is 9.84 Å². The smallest absolute Gasteiger partial charge is 0.320 e. The number of urea groups is 1. The van der Waals surface area contributed by atoms with Crippen LogP contribution in [0.4, 0.5) is 10.5 Å². The average molecular weight is 381 g/mol. The molecule has 0 N–H and O–H groups in total. The van der Waals surface area contributed by atoms with Crippen molar-refractivity contribution in [1.29, 1.82) is 0 Å². The predicted molar refractivity (Wildman–Crippen MR) is 100 cm³/mol. The number of anilines is 1. The maximum Gasteiger partial charge on any atom is 0.320 e. The van der Waals surface area contributed by atoms with Crippen molar-refractivity contribution in [2.75, 3.05) is 57.6 Å². The lowest BCUT2D eigenvalue weighted by Gasteiger charge is -2.40. The highest BCUT2D eigenvalue weighted by Gasteiger charge is 2.29. The van der Waals surface area contributed by atoms with Crippen LogP contribution in [0.25, 0.3) is 0 Å². The van der Waals surface area contributed by atoms with Gasteiger partial charge in [0.1, 0.15) is 0 Å². The zero-order chi connectivity index (χ0) is 18.7. The van der Waals surface area contributed by atoms with Gasteiger partial charge in [-0.1, -0.05) is 0 Å². The topological polar surface area (TPSA) is 70.2 Å². The molecule has 2 saturated heterocycles. The Morgan fingerprint density at radius 3 is 2.19 bits per heavy atom. The number of morpholine rings is 1. The maximum atomic E-state index is 12.6. The molecule has 0 radical (unpaired) electrons. The highest BCUT2D eigenvalue weighted by Crippen LogP contribution is 2.24. The molecule has 1 aromatic rings. The number of sulfone groups is 1. The zero-order valence-electron chi connectivity index (χ0n) is 15.4. The van der Waals surface area contributed by atoms with E-state index >= 15 is 0 Å². The first-order valence-corrected chi connectivity index (χ1v) is 10.9. The molecule has 2 aliphatic heterocycles. The van der Waals surface area contributed by atoms with E-state index in [-0.39, 0.29) is 12.1 Å². The number of carbonyl (C=O) groups excluding carboxylic acids is 1. The molecule has 0 bridgehead atoms. The Kier molecular flexibility index (Phi) is 5.72. The first-order chi connectivity index (χ1) is 12.4. The van der Waals surface area contributed by atoms with Crippen LogP contribution in [0.3, 0.4) is 0 Å². The van der Waals surface area contributed by atoms with Gasteiger partial charge in [0.25, 0.3) is 0 Å². The summed E-state index contributed by atoms with van der Waals surface area (Å²) in [6.45, 7) is 4.25. The molecule has 2 amide bonds. The van der Waals surface area contributed by atoms with Crippen molar-refractivity contribution in [2.45, 2.75) is 23.8 Å². The molecule has 0 saturated carbocycles. The van der Waals surface area contributed by atoms with Gasteiger partial charge in [0.05, 0.1) is 18.1 Å². The summed E-state index contributed by atoms with van der Waals surface area (Å²) in [6.07, 6.45) is 3.02. The standard InChI is InChI=1S/C18H27N3O4S/c1-19(18(22)21-11-13-25-14-12-21)15-7-9-20(10-8-15)16-3-5-17(6-4-16)26(2,23)24/h3-6,15H,7-14H2,1-2H3. The van der Waals surface area contributed by atoms with Crippen molar-refractivity contribution >= 4 is 21.6 Å². The Morgan fingerprint density at radius 1 is 1.08 bits per heavy atom. The van der Waals surface area contributed by atoms with Crippen LogP contribution in [0, 0.1) is 0 Å². The molecule has 2 aliphatic rings. The summed E-state index contributed by atoms with van der Waals surface area (Å²) >= 11 is 0. The van der Waals surface area contributed by atoms with E-state index in [2.05, 4.69) is 4.90 Å². The fourth-order valence-corrected chi connectivity index (χ4v) is 4.18. The molecular formula is C18H27N3O4S. The SMILES string of the molecule is CN(C(=O)N1CCOCC1)C1CCN(c2ccc(S(C)(=O)=O)cc2)CC1. The van der Waals surface area contributed by atoms with Gasteiger partial charge in [-0.05, 0) is 37.1 Å². The van der Waals surface area contributed by atoms with Crippen molar-refractivity contribution in [3.63, 3.8) is 0 Å². The van der Waals surface area contributed by atoms with Crippen LogP contribution >= 0.6 is 0 Å². The predicted octanol–water partition coefficient (Wildman–Crippen LogP) is 1.44. The third-order valence-corrected chi connectivity index (χ3v) is 6.35. The minimum absolute atomic E-state index is 0.0873. The van der Waals surface area contributed by atoms with Gasteiger partial charge in [-0.15, -0.1) is 0 Å². The fourth-order valence-electron chi connectivity index (χ4n) is 3.55. The van der Waals surface area contributed by atoms with Gasteiger partial charge < -0.3 is 19.4 Å². The first-order valence-electron chi connectivity index (χ1n) is 9.01. The number of ether oxygens (including phenoxy) is 1. The summed E-state index contributed by atoms with van der Waals surface area (Å²) in [5.74, 6) is 0. The Hall–Kier alpha value is -1.80. The average Bonchev–Trinajstić information content (AvgIpc) is 2.67. The number of amides is 2. The Bertz CT molecular complexity index is 721. The second-order valence-corrected chi connectivity index (χ2v) is 8.99. The van der Waals surface area contributed by atoms with Crippen molar-refractivity contribution < 1.29 is 17.9 Å². The second kappa shape index (κ2) is 7.84. The van der Waals surface area contributed by atoms with E-state index in [0.717, 1.165) is 31.6 Å². The number of piperidine rings is 1. The van der Waals surface area contributed by atoms with Crippen LogP contribution in [0.15, 0.2) is 29.2 Å². The maximum absolute atomic E-state index is 12.6. The molecule has 0 spiro atoms. The van der Waals surface area contributed by atoms with Crippen LogP contribution in [-0.2, 0) is 14.6 Å². The molecule has 3 rings (SSSR count). The van der Waals surface area contributed by atoms with Gasteiger partial charge in [0.15, 0.2) is 9.84 Å². The van der Waals surface area contributed by atoms with E-state index in [0.29, 0.717) is 31.2 Å². The third kappa shape index (κ3) is 4.29. The Balaban J connectivity index is 1.56. The number of benzene rings is 1. The number of nitrogens with zero attached hydrogens (tertiary/aromatic N) is 3.